The van der Waals surface area contributed by atoms with E-state index in [2.05, 4.69) is 48.8 Å². The van der Waals surface area contributed by atoms with Crippen molar-refractivity contribution >= 4 is 23.4 Å². The van der Waals surface area contributed by atoms with Gasteiger partial charge in [0.25, 0.3) is 5.91 Å². The number of carbonyl (C=O) groups is 3. The average molecular weight is 678 g/mol. The van der Waals surface area contributed by atoms with Crippen LogP contribution < -0.4 is 27.0 Å². The first-order chi connectivity index (χ1) is 24.2. The molecule has 2 unspecified atom stereocenters. The third-order valence-electron chi connectivity index (χ3n) is 10.1. The lowest BCUT2D eigenvalue weighted by atomic mass is 9.81. The zero-order valence-electron chi connectivity index (χ0n) is 28.7. The van der Waals surface area contributed by atoms with Crippen molar-refractivity contribution in [2.24, 2.45) is 17.6 Å². The molecule has 2 aliphatic rings. The van der Waals surface area contributed by atoms with Crippen molar-refractivity contribution in [3.05, 3.63) is 83.4 Å². The number of nitrogens with zero attached hydrogens (tertiary/aromatic N) is 3. The third-order valence-corrected chi connectivity index (χ3v) is 10.1. The monoisotopic (exact) mass is 677 g/mol. The summed E-state index contributed by atoms with van der Waals surface area (Å²) in [6.07, 6.45) is 5.55. The summed E-state index contributed by atoms with van der Waals surface area (Å²) in [6, 6.07) is 20.8. The molecule has 12 nitrogen and oxygen atoms in total. The van der Waals surface area contributed by atoms with Crippen LogP contribution in [-0.2, 0) is 16.0 Å². The van der Waals surface area contributed by atoms with Gasteiger partial charge in [0.15, 0.2) is 0 Å². The molecule has 0 bridgehead atoms. The summed E-state index contributed by atoms with van der Waals surface area (Å²) < 4.78 is 0. The average Bonchev–Trinajstić information content (AvgIpc) is 3.67. The number of carbonyl (C=O) groups excluding carboxylic acids is 3. The molecular formula is C38H47N9O3. The smallest absolute Gasteiger partial charge is 0.251 e. The van der Waals surface area contributed by atoms with Gasteiger partial charge in [-0.3, -0.25) is 14.4 Å². The number of rotatable bonds is 11. The number of aryl methyl sites for hydroxylation is 1. The quantitative estimate of drug-likeness (QED) is 0.137. The van der Waals surface area contributed by atoms with Crippen LogP contribution in [0.2, 0.25) is 0 Å². The summed E-state index contributed by atoms with van der Waals surface area (Å²) in [7, 11) is 0. The number of aromatic amines is 1. The Morgan fingerprint density at radius 3 is 2.34 bits per heavy atom. The van der Waals surface area contributed by atoms with Gasteiger partial charge in [-0.25, -0.2) is 0 Å². The Morgan fingerprint density at radius 2 is 1.68 bits per heavy atom. The Hall–Kier alpha value is -4.94. The second-order valence-electron chi connectivity index (χ2n) is 13.8. The van der Waals surface area contributed by atoms with Crippen LogP contribution in [0.3, 0.4) is 0 Å². The summed E-state index contributed by atoms with van der Waals surface area (Å²) in [5, 5.41) is 26.7. The van der Waals surface area contributed by atoms with Crippen LogP contribution in [0, 0.1) is 18.8 Å². The highest BCUT2D eigenvalue weighted by atomic mass is 16.2. The number of tetrazole rings is 1. The summed E-state index contributed by atoms with van der Waals surface area (Å²) >= 11 is 0. The molecule has 1 aromatic heterocycles. The van der Waals surface area contributed by atoms with Crippen LogP contribution in [0.25, 0.3) is 22.5 Å². The highest BCUT2D eigenvalue weighted by Crippen LogP contribution is 2.29. The number of nitrogens with one attached hydrogen (secondary N) is 5. The second kappa shape index (κ2) is 16.2. The first-order valence-electron chi connectivity index (χ1n) is 17.6. The molecule has 2 fully saturated rings. The zero-order chi connectivity index (χ0) is 35.0. The lowest BCUT2D eigenvalue weighted by Crippen LogP contribution is -2.48. The number of H-pyrrole nitrogens is 1. The Balaban J connectivity index is 1.13. The molecule has 4 aromatic rings. The number of hydrogen-bond acceptors (Lipinski definition) is 8. The highest BCUT2D eigenvalue weighted by Gasteiger charge is 2.29. The van der Waals surface area contributed by atoms with E-state index in [4.69, 9.17) is 5.73 Å². The molecule has 1 aliphatic heterocycles. The van der Waals surface area contributed by atoms with Crippen molar-refractivity contribution in [1.29, 1.82) is 0 Å². The van der Waals surface area contributed by atoms with Crippen LogP contribution in [0.4, 0.5) is 5.69 Å². The lowest BCUT2D eigenvalue weighted by Gasteiger charge is -2.28. The molecule has 12 heteroatoms. The SMILES string of the molecule is Cc1cc(C(=O)NC2CCNC(C)C2)ccc1-c1ccc(C[C@H](NC(=O)C2CCC(CN)CC2)C(=O)Nc2ccc(-c3nn[nH]n3)cc2)cc1. The number of hydrogen-bond donors (Lipinski definition) is 6. The van der Waals surface area contributed by atoms with Gasteiger partial charge in [-0.15, -0.1) is 10.2 Å². The number of anilines is 1. The molecule has 1 saturated heterocycles. The number of piperidine rings is 1. The fraction of sp³-hybridized carbons (Fsp3) is 0.421. The van der Waals surface area contributed by atoms with E-state index in [1.165, 1.54) is 0 Å². The minimum absolute atomic E-state index is 0.0455. The number of aromatic nitrogens is 4. The Bertz CT molecular complexity index is 1750. The van der Waals surface area contributed by atoms with E-state index in [-0.39, 0.29) is 29.7 Å². The molecular weight excluding hydrogens is 630 g/mol. The minimum atomic E-state index is -0.778. The van der Waals surface area contributed by atoms with Gasteiger partial charge in [-0.05, 0) is 135 Å². The van der Waals surface area contributed by atoms with Crippen LogP contribution in [0.5, 0.6) is 0 Å². The summed E-state index contributed by atoms with van der Waals surface area (Å²) in [6.45, 7) is 5.70. The molecule has 0 radical (unpaired) electrons. The largest absolute Gasteiger partial charge is 0.349 e. The van der Waals surface area contributed by atoms with Gasteiger partial charge in [0.05, 0.1) is 0 Å². The van der Waals surface area contributed by atoms with Gasteiger partial charge in [0.2, 0.25) is 17.6 Å². The molecule has 6 rings (SSSR count). The Kier molecular flexibility index (Phi) is 11.3. The molecule has 3 amide bonds. The number of benzene rings is 3. The maximum Gasteiger partial charge on any atom is 0.251 e. The zero-order valence-corrected chi connectivity index (χ0v) is 28.7. The number of nitrogens with two attached hydrogens (primary N) is 1. The maximum atomic E-state index is 13.7. The Labute approximate surface area is 292 Å². The molecule has 3 atom stereocenters. The topological polar surface area (TPSA) is 180 Å². The van der Waals surface area contributed by atoms with E-state index < -0.39 is 6.04 Å². The maximum absolute atomic E-state index is 13.7. The van der Waals surface area contributed by atoms with E-state index in [1.54, 1.807) is 24.3 Å². The molecule has 262 valence electrons. The van der Waals surface area contributed by atoms with Crippen molar-refractivity contribution in [2.75, 3.05) is 18.4 Å². The van der Waals surface area contributed by atoms with E-state index in [9.17, 15) is 14.4 Å². The fourth-order valence-electron chi connectivity index (χ4n) is 7.09. The normalized spacial score (nSPS) is 21.2. The third kappa shape index (κ3) is 8.80. The summed E-state index contributed by atoms with van der Waals surface area (Å²) in [5.74, 6) is 0.331. The van der Waals surface area contributed by atoms with Gasteiger partial charge in [-0.1, -0.05) is 30.3 Å². The van der Waals surface area contributed by atoms with Crippen molar-refractivity contribution in [1.82, 2.24) is 36.6 Å². The van der Waals surface area contributed by atoms with Gasteiger partial charge >= 0.3 is 0 Å². The molecule has 3 aromatic carbocycles. The van der Waals surface area contributed by atoms with Crippen LogP contribution >= 0.6 is 0 Å². The summed E-state index contributed by atoms with van der Waals surface area (Å²) in [5.41, 5.74) is 11.8. The fourth-order valence-corrected chi connectivity index (χ4v) is 7.09. The van der Waals surface area contributed by atoms with Gasteiger partial charge < -0.3 is 27.0 Å². The molecule has 2 heterocycles. The first-order valence-corrected chi connectivity index (χ1v) is 17.6. The molecule has 1 saturated carbocycles. The standard InChI is InChI=1S/C38H47N9O3/c1-23-19-30(37(49)42-32-17-18-40-24(2)20-32)13-16-33(23)27-7-3-25(4-8-27)21-34(43-36(48)29-9-5-26(22-39)6-10-29)38(50)41-31-14-11-28(12-15-31)35-44-46-47-45-35/h3-4,7-8,11-16,19,24,26,29,32,34,40H,5-6,9-10,17-18,20-22,39H2,1-2H3,(H,41,50)(H,42,49)(H,43,48)(H,44,45,46,47)/t24?,26?,29?,32?,34-/m0/s1. The first kappa shape index (κ1) is 34.9. The van der Waals surface area contributed by atoms with Crippen LogP contribution in [-0.4, -0.2) is 69.6 Å². The van der Waals surface area contributed by atoms with Crippen molar-refractivity contribution in [3.63, 3.8) is 0 Å². The van der Waals surface area contributed by atoms with Crippen molar-refractivity contribution < 1.29 is 14.4 Å². The van der Waals surface area contributed by atoms with E-state index in [1.807, 2.05) is 49.4 Å². The second-order valence-corrected chi connectivity index (χ2v) is 13.8. The molecule has 7 N–H and O–H groups in total. The number of amides is 3. The van der Waals surface area contributed by atoms with Gasteiger partial charge in [-0.2, -0.15) is 5.21 Å². The van der Waals surface area contributed by atoms with Gasteiger partial charge in [0.1, 0.15) is 6.04 Å². The predicted octanol–water partition coefficient (Wildman–Crippen LogP) is 4.14. The Morgan fingerprint density at radius 1 is 0.940 bits per heavy atom. The van der Waals surface area contributed by atoms with E-state index >= 15 is 0 Å². The van der Waals surface area contributed by atoms with Crippen LogP contribution in [0.1, 0.15) is 66.9 Å². The van der Waals surface area contributed by atoms with Crippen molar-refractivity contribution in [2.45, 2.75) is 76.9 Å². The van der Waals surface area contributed by atoms with Crippen molar-refractivity contribution in [3.8, 4) is 22.5 Å². The highest BCUT2D eigenvalue weighted by molar-refractivity contribution is 5.98. The van der Waals surface area contributed by atoms with E-state index in [0.29, 0.717) is 42.0 Å². The molecule has 1 aliphatic carbocycles. The van der Waals surface area contributed by atoms with E-state index in [0.717, 1.165) is 72.9 Å². The minimum Gasteiger partial charge on any atom is -0.349 e. The van der Waals surface area contributed by atoms with Crippen LogP contribution in [0.15, 0.2) is 66.7 Å². The molecule has 0 spiro atoms. The molecule has 50 heavy (non-hydrogen) atoms. The summed E-state index contributed by atoms with van der Waals surface area (Å²) in [4.78, 5) is 40.1. The lowest BCUT2D eigenvalue weighted by molar-refractivity contribution is -0.130. The predicted molar refractivity (Wildman–Crippen MR) is 193 cm³/mol. The van der Waals surface area contributed by atoms with Gasteiger partial charge in [0, 0.05) is 41.2 Å².